The lowest BCUT2D eigenvalue weighted by Crippen LogP contribution is -2.16. The first-order valence-electron chi connectivity index (χ1n) is 5.74. The lowest BCUT2D eigenvalue weighted by atomic mass is 10.2. The third kappa shape index (κ3) is 4.21. The van der Waals surface area contributed by atoms with Crippen LogP contribution in [0.2, 0.25) is 0 Å². The van der Waals surface area contributed by atoms with E-state index in [0.29, 0.717) is 13.2 Å². The van der Waals surface area contributed by atoms with Crippen LogP contribution in [0.25, 0.3) is 0 Å². The van der Waals surface area contributed by atoms with E-state index in [0.717, 1.165) is 24.2 Å². The molecule has 0 heterocycles. The molecule has 1 aromatic carbocycles. The highest BCUT2D eigenvalue weighted by Gasteiger charge is 2.05. The van der Waals surface area contributed by atoms with Crippen LogP contribution in [0.5, 0.6) is 5.75 Å². The summed E-state index contributed by atoms with van der Waals surface area (Å²) in [7, 11) is 1.67. The van der Waals surface area contributed by atoms with Crippen molar-refractivity contribution < 1.29 is 9.47 Å². The molecule has 0 spiro atoms. The maximum Gasteiger partial charge on any atom is 0.118 e. The van der Waals surface area contributed by atoms with E-state index in [1.807, 2.05) is 24.3 Å². The van der Waals surface area contributed by atoms with Gasteiger partial charge in [0, 0.05) is 0 Å². The van der Waals surface area contributed by atoms with Crippen molar-refractivity contribution in [1.29, 1.82) is 0 Å². The van der Waals surface area contributed by atoms with E-state index in [2.05, 4.69) is 6.92 Å². The molecule has 2 N–H and O–H groups in total. The van der Waals surface area contributed by atoms with E-state index in [4.69, 9.17) is 15.2 Å². The molecule has 0 aromatic heterocycles. The monoisotopic (exact) mass is 223 g/mol. The molecule has 90 valence electrons. The molecule has 0 saturated heterocycles. The molecule has 1 atom stereocenters. The van der Waals surface area contributed by atoms with E-state index in [1.165, 1.54) is 0 Å². The van der Waals surface area contributed by atoms with Crippen molar-refractivity contribution in [3.8, 4) is 5.75 Å². The fraction of sp³-hybridized carbons (Fsp3) is 0.538. The van der Waals surface area contributed by atoms with E-state index in [9.17, 15) is 0 Å². The van der Waals surface area contributed by atoms with Crippen LogP contribution in [-0.4, -0.2) is 19.8 Å². The van der Waals surface area contributed by atoms with Crippen molar-refractivity contribution in [2.24, 2.45) is 5.73 Å². The third-order valence-corrected chi connectivity index (χ3v) is 2.59. The van der Waals surface area contributed by atoms with Gasteiger partial charge < -0.3 is 15.2 Å². The first kappa shape index (κ1) is 13.0. The fourth-order valence-electron chi connectivity index (χ4n) is 1.53. The van der Waals surface area contributed by atoms with Gasteiger partial charge in [-0.3, -0.25) is 0 Å². The van der Waals surface area contributed by atoms with Crippen LogP contribution < -0.4 is 10.5 Å². The lowest BCUT2D eigenvalue weighted by molar-refractivity contribution is 0.0342. The van der Waals surface area contributed by atoms with Crippen LogP contribution in [0.15, 0.2) is 24.3 Å². The molecular weight excluding hydrogens is 202 g/mol. The standard InChI is InChI=1S/C13H21NO2/c1-3-12(8-9-14)16-10-11-4-6-13(15-2)7-5-11/h4-7,12H,3,8-10,14H2,1-2H3. The van der Waals surface area contributed by atoms with Crippen LogP contribution in [0.3, 0.4) is 0 Å². The topological polar surface area (TPSA) is 44.5 Å². The van der Waals surface area contributed by atoms with Crippen molar-refractivity contribution in [3.05, 3.63) is 29.8 Å². The number of nitrogens with two attached hydrogens (primary N) is 1. The molecule has 0 fully saturated rings. The Hall–Kier alpha value is -1.06. The second-order valence-electron chi connectivity index (χ2n) is 3.77. The summed E-state index contributed by atoms with van der Waals surface area (Å²) in [5.41, 5.74) is 6.68. The maximum atomic E-state index is 5.77. The van der Waals surface area contributed by atoms with Gasteiger partial charge in [0.1, 0.15) is 5.75 Å². The molecule has 0 aliphatic heterocycles. The maximum absolute atomic E-state index is 5.77. The zero-order valence-corrected chi connectivity index (χ0v) is 10.1. The molecule has 0 bridgehead atoms. The Labute approximate surface area is 97.6 Å². The predicted molar refractivity (Wildman–Crippen MR) is 65.5 cm³/mol. The highest BCUT2D eigenvalue weighted by Crippen LogP contribution is 2.13. The average Bonchev–Trinajstić information content (AvgIpc) is 2.35. The normalized spacial score (nSPS) is 12.4. The summed E-state index contributed by atoms with van der Waals surface area (Å²) in [6.07, 6.45) is 2.20. The summed E-state index contributed by atoms with van der Waals surface area (Å²) in [6.45, 7) is 3.44. The van der Waals surface area contributed by atoms with E-state index in [-0.39, 0.29) is 6.10 Å². The predicted octanol–water partition coefficient (Wildman–Crippen LogP) is 2.34. The van der Waals surface area contributed by atoms with Crippen molar-refractivity contribution in [1.82, 2.24) is 0 Å². The SMILES string of the molecule is CCC(CCN)OCc1ccc(OC)cc1. The summed E-state index contributed by atoms with van der Waals surface area (Å²) in [5.74, 6) is 0.873. The van der Waals surface area contributed by atoms with Gasteiger partial charge in [-0.1, -0.05) is 19.1 Å². The van der Waals surface area contributed by atoms with Crippen molar-refractivity contribution in [2.75, 3.05) is 13.7 Å². The molecule has 0 amide bonds. The third-order valence-electron chi connectivity index (χ3n) is 2.59. The van der Waals surface area contributed by atoms with Gasteiger partial charge in [-0.15, -0.1) is 0 Å². The minimum atomic E-state index is 0.270. The average molecular weight is 223 g/mol. The van der Waals surface area contributed by atoms with Crippen LogP contribution in [0, 0.1) is 0 Å². The summed E-state index contributed by atoms with van der Waals surface area (Å²) >= 11 is 0. The van der Waals surface area contributed by atoms with Gasteiger partial charge in [-0.05, 0) is 37.1 Å². The Morgan fingerprint density at radius 3 is 2.44 bits per heavy atom. The van der Waals surface area contributed by atoms with Crippen LogP contribution in [-0.2, 0) is 11.3 Å². The highest BCUT2D eigenvalue weighted by molar-refractivity contribution is 5.26. The van der Waals surface area contributed by atoms with Crippen LogP contribution >= 0.6 is 0 Å². The molecule has 0 radical (unpaired) electrons. The van der Waals surface area contributed by atoms with Crippen molar-refractivity contribution in [2.45, 2.75) is 32.5 Å². The Kier molecular flexibility index (Phi) is 5.90. The van der Waals surface area contributed by atoms with Crippen molar-refractivity contribution in [3.63, 3.8) is 0 Å². The second-order valence-corrected chi connectivity index (χ2v) is 3.77. The number of benzene rings is 1. The summed E-state index contributed by atoms with van der Waals surface area (Å²) in [5, 5.41) is 0. The molecule has 1 rings (SSSR count). The molecule has 3 heteroatoms. The summed E-state index contributed by atoms with van der Waals surface area (Å²) in [6, 6.07) is 7.94. The Balaban J connectivity index is 2.40. The van der Waals surface area contributed by atoms with E-state index < -0.39 is 0 Å². The Morgan fingerprint density at radius 2 is 1.94 bits per heavy atom. The molecular formula is C13H21NO2. The molecule has 1 aromatic rings. The number of ether oxygens (including phenoxy) is 2. The minimum Gasteiger partial charge on any atom is -0.497 e. The summed E-state index contributed by atoms with van der Waals surface area (Å²) < 4.78 is 10.9. The molecule has 3 nitrogen and oxygen atoms in total. The van der Waals surface area contributed by atoms with Gasteiger partial charge in [0.2, 0.25) is 0 Å². The zero-order chi connectivity index (χ0) is 11.8. The van der Waals surface area contributed by atoms with E-state index in [1.54, 1.807) is 7.11 Å². The van der Waals surface area contributed by atoms with Gasteiger partial charge in [-0.2, -0.15) is 0 Å². The van der Waals surface area contributed by atoms with Crippen molar-refractivity contribution >= 4 is 0 Å². The molecule has 16 heavy (non-hydrogen) atoms. The number of methoxy groups -OCH3 is 1. The van der Waals surface area contributed by atoms with Gasteiger partial charge in [0.25, 0.3) is 0 Å². The zero-order valence-electron chi connectivity index (χ0n) is 10.1. The van der Waals surface area contributed by atoms with E-state index >= 15 is 0 Å². The van der Waals surface area contributed by atoms with Gasteiger partial charge in [-0.25, -0.2) is 0 Å². The van der Waals surface area contributed by atoms with Crippen LogP contribution in [0.4, 0.5) is 0 Å². The molecule has 0 aliphatic rings. The van der Waals surface area contributed by atoms with Crippen LogP contribution in [0.1, 0.15) is 25.3 Å². The number of hydrogen-bond donors (Lipinski definition) is 1. The second kappa shape index (κ2) is 7.25. The minimum absolute atomic E-state index is 0.270. The first-order chi connectivity index (χ1) is 7.80. The quantitative estimate of drug-likeness (QED) is 0.771. The van der Waals surface area contributed by atoms with Gasteiger partial charge in [0.15, 0.2) is 0 Å². The fourth-order valence-corrected chi connectivity index (χ4v) is 1.53. The highest BCUT2D eigenvalue weighted by atomic mass is 16.5. The molecule has 0 saturated carbocycles. The molecule has 1 unspecified atom stereocenters. The largest absolute Gasteiger partial charge is 0.497 e. The lowest BCUT2D eigenvalue weighted by Gasteiger charge is -2.15. The Morgan fingerprint density at radius 1 is 1.25 bits per heavy atom. The Bertz CT molecular complexity index is 284. The molecule has 0 aliphatic carbocycles. The van der Waals surface area contributed by atoms with Gasteiger partial charge >= 0.3 is 0 Å². The number of hydrogen-bond acceptors (Lipinski definition) is 3. The summed E-state index contributed by atoms with van der Waals surface area (Å²) in [4.78, 5) is 0. The van der Waals surface area contributed by atoms with Gasteiger partial charge in [0.05, 0.1) is 19.8 Å². The first-order valence-corrected chi connectivity index (χ1v) is 5.74. The smallest absolute Gasteiger partial charge is 0.118 e. The number of rotatable bonds is 7.